The highest BCUT2D eigenvalue weighted by atomic mass is 16.6. The molecule has 46 heavy (non-hydrogen) atoms. The van der Waals surface area contributed by atoms with Crippen LogP contribution >= 0.6 is 0 Å². The topological polar surface area (TPSA) is 114 Å². The summed E-state index contributed by atoms with van der Waals surface area (Å²) in [6.07, 6.45) is -0.716. The SMILES string of the molecule is O=C1OCN(Cc2ccccc2)[C@H]1CC(=O)C1(C(=O)C[C@H]2C(=O)OCN2Cc2ccccc2)CCN(Cc2ccccc2)CC1=O. The van der Waals surface area contributed by atoms with E-state index in [9.17, 15) is 24.0 Å². The van der Waals surface area contributed by atoms with Crippen LogP contribution < -0.4 is 0 Å². The van der Waals surface area contributed by atoms with Gasteiger partial charge in [-0.05, 0) is 23.1 Å². The fourth-order valence-electron chi connectivity index (χ4n) is 6.64. The second-order valence-corrected chi connectivity index (χ2v) is 12.2. The van der Waals surface area contributed by atoms with Crippen LogP contribution in [-0.4, -0.2) is 82.6 Å². The molecule has 0 radical (unpaired) electrons. The van der Waals surface area contributed by atoms with Gasteiger partial charge in [-0.3, -0.25) is 38.7 Å². The second kappa shape index (κ2) is 13.9. The van der Waals surface area contributed by atoms with Crippen molar-refractivity contribution in [2.75, 3.05) is 26.6 Å². The number of nitrogens with zero attached hydrogens (tertiary/aromatic N) is 3. The molecular weight excluding hydrogens is 586 g/mol. The van der Waals surface area contributed by atoms with Gasteiger partial charge in [-0.1, -0.05) is 91.0 Å². The van der Waals surface area contributed by atoms with Crippen LogP contribution in [0.1, 0.15) is 36.0 Å². The molecule has 3 fully saturated rings. The zero-order valence-electron chi connectivity index (χ0n) is 25.6. The molecular formula is C36H37N3O7. The number of carbonyl (C=O) groups is 5. The molecule has 10 heteroatoms. The Morgan fingerprint density at radius 1 is 0.630 bits per heavy atom. The molecule has 0 aliphatic carbocycles. The Labute approximate surface area is 267 Å². The Morgan fingerprint density at radius 3 is 1.46 bits per heavy atom. The van der Waals surface area contributed by atoms with Crippen LogP contribution in [0.25, 0.3) is 0 Å². The largest absolute Gasteiger partial charge is 0.448 e. The Kier molecular flexibility index (Phi) is 9.48. The van der Waals surface area contributed by atoms with Crippen LogP contribution in [0, 0.1) is 5.41 Å². The van der Waals surface area contributed by atoms with Crippen molar-refractivity contribution in [3.63, 3.8) is 0 Å². The smallest absolute Gasteiger partial charge is 0.325 e. The molecule has 238 valence electrons. The maximum atomic E-state index is 14.3. The molecule has 0 saturated carbocycles. The molecule has 3 heterocycles. The van der Waals surface area contributed by atoms with E-state index in [2.05, 4.69) is 0 Å². The molecule has 0 N–H and O–H groups in total. The van der Waals surface area contributed by atoms with Crippen molar-refractivity contribution in [3.05, 3.63) is 108 Å². The van der Waals surface area contributed by atoms with Gasteiger partial charge in [0.25, 0.3) is 0 Å². The maximum Gasteiger partial charge on any atom is 0.325 e. The Morgan fingerprint density at radius 2 is 1.04 bits per heavy atom. The number of carbonyl (C=O) groups excluding carboxylic acids is 5. The van der Waals surface area contributed by atoms with E-state index < -0.39 is 46.8 Å². The fourth-order valence-corrected chi connectivity index (χ4v) is 6.64. The van der Waals surface area contributed by atoms with Gasteiger partial charge in [-0.15, -0.1) is 0 Å². The van der Waals surface area contributed by atoms with Gasteiger partial charge in [0.15, 0.2) is 17.3 Å². The number of hydrogen-bond donors (Lipinski definition) is 0. The standard InChI is InChI=1S/C36H37N3O7/c40-31(18-29-34(43)45-24-38(29)21-27-12-6-2-7-13-27)36(16-17-37(23-33(36)42)20-26-10-4-1-5-11-26)32(41)19-30-35(44)46-25-39(30)22-28-14-8-3-9-15-28/h1-15,29-30H,16-25H2/t29-,30-/m0/s1. The lowest BCUT2D eigenvalue weighted by Crippen LogP contribution is -2.58. The fraction of sp³-hybridized carbons (Fsp3) is 0.361. The zero-order valence-corrected chi connectivity index (χ0v) is 25.6. The van der Waals surface area contributed by atoms with E-state index in [4.69, 9.17) is 9.47 Å². The number of benzene rings is 3. The van der Waals surface area contributed by atoms with Gasteiger partial charge in [0.05, 0.1) is 6.54 Å². The number of Topliss-reactive ketones (excluding diaryl/α,β-unsaturated/α-hetero) is 3. The van der Waals surface area contributed by atoms with Crippen LogP contribution in [0.3, 0.4) is 0 Å². The van der Waals surface area contributed by atoms with Crippen molar-refractivity contribution in [1.82, 2.24) is 14.7 Å². The number of piperidine rings is 1. The van der Waals surface area contributed by atoms with E-state index in [1.807, 2.05) is 95.9 Å². The summed E-state index contributed by atoms with van der Waals surface area (Å²) in [5.74, 6) is -2.84. The minimum Gasteiger partial charge on any atom is -0.448 e. The zero-order chi connectivity index (χ0) is 32.1. The highest BCUT2D eigenvalue weighted by Crippen LogP contribution is 2.37. The van der Waals surface area contributed by atoms with Crippen molar-refractivity contribution in [2.24, 2.45) is 5.41 Å². The monoisotopic (exact) mass is 623 g/mol. The first-order valence-corrected chi connectivity index (χ1v) is 15.6. The van der Waals surface area contributed by atoms with Gasteiger partial charge in [0.2, 0.25) is 0 Å². The molecule has 3 aliphatic heterocycles. The first-order valence-electron chi connectivity index (χ1n) is 15.6. The van der Waals surface area contributed by atoms with E-state index in [1.165, 1.54) is 0 Å². The average molecular weight is 624 g/mol. The minimum atomic E-state index is -1.98. The van der Waals surface area contributed by atoms with Crippen LogP contribution in [0.2, 0.25) is 0 Å². The number of ether oxygens (including phenoxy) is 2. The number of likely N-dealkylation sites (tertiary alicyclic amines) is 1. The van der Waals surface area contributed by atoms with Crippen molar-refractivity contribution in [1.29, 1.82) is 0 Å². The first-order chi connectivity index (χ1) is 22.3. The maximum absolute atomic E-state index is 14.3. The van der Waals surface area contributed by atoms with E-state index in [0.717, 1.165) is 16.7 Å². The summed E-state index contributed by atoms with van der Waals surface area (Å²) in [6, 6.07) is 26.8. The summed E-state index contributed by atoms with van der Waals surface area (Å²) in [7, 11) is 0. The molecule has 0 aromatic heterocycles. The third-order valence-corrected chi connectivity index (χ3v) is 9.23. The summed E-state index contributed by atoms with van der Waals surface area (Å²) in [4.78, 5) is 74.0. The summed E-state index contributed by atoms with van der Waals surface area (Å²) in [5.41, 5.74) is 0.909. The highest BCUT2D eigenvalue weighted by Gasteiger charge is 2.56. The lowest BCUT2D eigenvalue weighted by molar-refractivity contribution is -0.156. The number of ketones is 3. The van der Waals surface area contributed by atoms with Crippen LogP contribution in [0.5, 0.6) is 0 Å². The van der Waals surface area contributed by atoms with Gasteiger partial charge in [0, 0.05) is 39.0 Å². The number of rotatable bonds is 12. The van der Waals surface area contributed by atoms with Gasteiger partial charge in [0.1, 0.15) is 31.0 Å². The number of cyclic esters (lactones) is 2. The second-order valence-electron chi connectivity index (χ2n) is 12.2. The molecule has 6 rings (SSSR count). The van der Waals surface area contributed by atoms with Crippen molar-refractivity contribution >= 4 is 29.3 Å². The molecule has 3 aromatic rings. The predicted molar refractivity (Wildman–Crippen MR) is 166 cm³/mol. The number of esters is 2. The molecule has 3 aliphatic rings. The Bertz CT molecular complexity index is 1500. The normalized spacial score (nSPS) is 22.0. The first kappa shape index (κ1) is 31.5. The van der Waals surface area contributed by atoms with Crippen molar-refractivity contribution < 1.29 is 33.4 Å². The molecule has 0 spiro atoms. The molecule has 3 saturated heterocycles. The van der Waals surface area contributed by atoms with Gasteiger partial charge < -0.3 is 9.47 Å². The van der Waals surface area contributed by atoms with Gasteiger partial charge >= 0.3 is 11.9 Å². The molecule has 10 nitrogen and oxygen atoms in total. The quantitative estimate of drug-likeness (QED) is 0.220. The van der Waals surface area contributed by atoms with Crippen LogP contribution in [0.4, 0.5) is 0 Å². The van der Waals surface area contributed by atoms with Gasteiger partial charge in [-0.25, -0.2) is 0 Å². The minimum absolute atomic E-state index is 0.00772. The van der Waals surface area contributed by atoms with Crippen molar-refractivity contribution in [3.8, 4) is 0 Å². The third-order valence-electron chi connectivity index (χ3n) is 9.23. The average Bonchev–Trinajstić information content (AvgIpc) is 3.58. The molecule has 2 atom stereocenters. The van der Waals surface area contributed by atoms with E-state index in [0.29, 0.717) is 26.2 Å². The summed E-state index contributed by atoms with van der Waals surface area (Å²) >= 11 is 0. The van der Waals surface area contributed by atoms with Crippen molar-refractivity contribution in [2.45, 2.75) is 51.0 Å². The summed E-state index contributed by atoms with van der Waals surface area (Å²) in [6.45, 7) is 1.47. The lowest BCUT2D eigenvalue weighted by atomic mass is 9.67. The third kappa shape index (κ3) is 6.69. The molecule has 3 aromatic carbocycles. The molecule has 0 amide bonds. The number of hydrogen-bond acceptors (Lipinski definition) is 10. The Hall–Kier alpha value is -4.51. The van der Waals surface area contributed by atoms with Crippen LogP contribution in [-0.2, 0) is 53.1 Å². The Balaban J connectivity index is 1.24. The molecule has 0 bridgehead atoms. The summed E-state index contributed by atoms with van der Waals surface area (Å²) in [5, 5.41) is 0. The van der Waals surface area contributed by atoms with E-state index in [-0.39, 0.29) is 39.3 Å². The highest BCUT2D eigenvalue weighted by molar-refractivity contribution is 6.26. The van der Waals surface area contributed by atoms with Crippen LogP contribution in [0.15, 0.2) is 91.0 Å². The van der Waals surface area contributed by atoms with Gasteiger partial charge in [-0.2, -0.15) is 0 Å². The summed E-state index contributed by atoms with van der Waals surface area (Å²) < 4.78 is 10.6. The van der Waals surface area contributed by atoms with E-state index >= 15 is 0 Å². The predicted octanol–water partition coefficient (Wildman–Crippen LogP) is 3.14. The lowest BCUT2D eigenvalue weighted by Gasteiger charge is -2.39. The molecule has 0 unspecified atom stereocenters. The van der Waals surface area contributed by atoms with E-state index in [1.54, 1.807) is 9.80 Å².